The maximum atomic E-state index is 13.6. The van der Waals surface area contributed by atoms with E-state index in [2.05, 4.69) is 33.1 Å². The van der Waals surface area contributed by atoms with Gasteiger partial charge in [0.1, 0.15) is 18.0 Å². The van der Waals surface area contributed by atoms with E-state index in [1.165, 1.54) is 28.3 Å². The summed E-state index contributed by atoms with van der Waals surface area (Å²) >= 11 is 0. The third-order valence-electron chi connectivity index (χ3n) is 4.40. The van der Waals surface area contributed by atoms with Crippen molar-refractivity contribution in [3.8, 4) is 0 Å². The van der Waals surface area contributed by atoms with E-state index in [1.54, 1.807) is 36.3 Å². The lowest BCUT2D eigenvalue weighted by atomic mass is 10.3. The second kappa shape index (κ2) is 6.69. The number of aromatic nitrogens is 4. The van der Waals surface area contributed by atoms with Crippen LogP contribution in [0, 0.1) is 5.82 Å². The summed E-state index contributed by atoms with van der Waals surface area (Å²) in [5.74, 6) is 0.220. The van der Waals surface area contributed by atoms with E-state index in [0.717, 1.165) is 0 Å². The standard InChI is InChI=1S/C19H16FN7O/c1-12-18(26(19(28)25(12)3)10-15-9-21-6-7-22-15)24-13(2)27-11-23-16-5-4-14(20)8-17(16)27/h4-9,11H,1-2,10H2,3H3. The van der Waals surface area contributed by atoms with Crippen molar-refractivity contribution in [3.63, 3.8) is 0 Å². The lowest BCUT2D eigenvalue weighted by molar-refractivity contribution is 0.206. The average Bonchev–Trinajstić information content (AvgIpc) is 3.19. The van der Waals surface area contributed by atoms with E-state index in [9.17, 15) is 9.18 Å². The normalized spacial score (nSPS) is 15.9. The second-order valence-electron chi connectivity index (χ2n) is 6.17. The van der Waals surface area contributed by atoms with Gasteiger partial charge < -0.3 is 0 Å². The molecule has 140 valence electrons. The molecule has 0 saturated carbocycles. The first-order valence-corrected chi connectivity index (χ1v) is 8.35. The number of urea groups is 1. The van der Waals surface area contributed by atoms with Gasteiger partial charge in [-0.05, 0) is 12.1 Å². The van der Waals surface area contributed by atoms with Crippen molar-refractivity contribution >= 4 is 28.7 Å². The summed E-state index contributed by atoms with van der Waals surface area (Å²) in [7, 11) is 1.61. The van der Waals surface area contributed by atoms with Crippen LogP contribution < -0.4 is 0 Å². The zero-order chi connectivity index (χ0) is 19.8. The molecule has 3 heterocycles. The molecule has 0 aliphatic carbocycles. The highest BCUT2D eigenvalue weighted by atomic mass is 19.1. The Morgan fingerprint density at radius 3 is 2.86 bits per heavy atom. The second-order valence-corrected chi connectivity index (χ2v) is 6.17. The Morgan fingerprint density at radius 1 is 1.29 bits per heavy atom. The number of carbonyl (C=O) groups excluding carboxylic acids is 1. The number of rotatable bonds is 4. The van der Waals surface area contributed by atoms with Gasteiger partial charge in [0.15, 0.2) is 5.84 Å². The van der Waals surface area contributed by atoms with E-state index in [1.807, 2.05) is 0 Å². The van der Waals surface area contributed by atoms with E-state index in [4.69, 9.17) is 0 Å². The first kappa shape index (κ1) is 17.5. The smallest absolute Gasteiger partial charge is 0.294 e. The molecule has 0 N–H and O–H groups in total. The highest BCUT2D eigenvalue weighted by molar-refractivity contribution is 6.15. The topological polar surface area (TPSA) is 79.5 Å². The van der Waals surface area contributed by atoms with Crippen molar-refractivity contribution in [2.75, 3.05) is 7.05 Å². The van der Waals surface area contributed by atoms with Gasteiger partial charge in [-0.2, -0.15) is 0 Å². The molecule has 0 unspecified atom stereocenters. The number of carbonyl (C=O) groups is 1. The highest BCUT2D eigenvalue weighted by Crippen LogP contribution is 2.24. The van der Waals surface area contributed by atoms with E-state index >= 15 is 0 Å². The third kappa shape index (κ3) is 2.92. The van der Waals surface area contributed by atoms with Gasteiger partial charge in [-0.3, -0.25) is 24.3 Å². The molecule has 28 heavy (non-hydrogen) atoms. The maximum Gasteiger partial charge on any atom is 0.330 e. The van der Waals surface area contributed by atoms with E-state index < -0.39 is 0 Å². The summed E-state index contributed by atoms with van der Waals surface area (Å²) in [5.41, 5.74) is 2.16. The molecule has 0 bridgehead atoms. The summed E-state index contributed by atoms with van der Waals surface area (Å²) in [6.45, 7) is 8.08. The number of aliphatic imine (C=N–C) groups is 1. The van der Waals surface area contributed by atoms with Crippen LogP contribution in [0.4, 0.5) is 9.18 Å². The predicted octanol–water partition coefficient (Wildman–Crippen LogP) is 2.87. The number of nitrogens with zero attached hydrogens (tertiary/aromatic N) is 7. The fraction of sp³-hybridized carbons (Fsp3) is 0.105. The van der Waals surface area contributed by atoms with Gasteiger partial charge in [0.2, 0.25) is 0 Å². The summed E-state index contributed by atoms with van der Waals surface area (Å²) in [6, 6.07) is 3.98. The first-order chi connectivity index (χ1) is 13.5. The minimum Gasteiger partial charge on any atom is -0.294 e. The number of hydrogen-bond acceptors (Lipinski definition) is 5. The highest BCUT2D eigenvalue weighted by Gasteiger charge is 2.36. The lowest BCUT2D eigenvalue weighted by Gasteiger charge is -2.15. The van der Waals surface area contributed by atoms with Crippen molar-refractivity contribution < 1.29 is 9.18 Å². The minimum atomic E-state index is -0.390. The molecule has 4 rings (SSSR count). The SMILES string of the molecule is C=C1C(=NC(=C)n2cnc3ccc(F)cc32)N(Cc2cnccn2)C(=O)N1C. The molecule has 1 fully saturated rings. The van der Waals surface area contributed by atoms with Crippen LogP contribution in [-0.2, 0) is 6.54 Å². The molecule has 1 aliphatic rings. The van der Waals surface area contributed by atoms with Crippen LogP contribution in [0.3, 0.4) is 0 Å². The summed E-state index contributed by atoms with van der Waals surface area (Å²) in [4.78, 5) is 32.4. The Balaban J connectivity index is 1.72. The van der Waals surface area contributed by atoms with Crippen LogP contribution in [0.2, 0.25) is 0 Å². The summed E-state index contributed by atoms with van der Waals surface area (Å²) < 4.78 is 15.2. The number of likely N-dealkylation sites (N-methyl/N-ethyl adjacent to an activating group) is 1. The van der Waals surface area contributed by atoms with Gasteiger partial charge in [0.05, 0.1) is 35.2 Å². The molecule has 8 nitrogen and oxygen atoms in total. The zero-order valence-electron chi connectivity index (χ0n) is 15.1. The molecular formula is C19H16FN7O. The molecule has 1 saturated heterocycles. The first-order valence-electron chi connectivity index (χ1n) is 8.35. The zero-order valence-corrected chi connectivity index (χ0v) is 15.1. The number of amidine groups is 1. The summed E-state index contributed by atoms with van der Waals surface area (Å²) in [6.07, 6.45) is 6.19. The largest absolute Gasteiger partial charge is 0.330 e. The van der Waals surface area contributed by atoms with Gasteiger partial charge in [-0.25, -0.2) is 19.2 Å². The van der Waals surface area contributed by atoms with Crippen LogP contribution in [-0.4, -0.2) is 48.2 Å². The van der Waals surface area contributed by atoms with Crippen LogP contribution >= 0.6 is 0 Å². The molecule has 1 aliphatic heterocycles. The third-order valence-corrected chi connectivity index (χ3v) is 4.40. The number of hydrogen-bond donors (Lipinski definition) is 0. The number of amides is 2. The van der Waals surface area contributed by atoms with Gasteiger partial charge in [-0.15, -0.1) is 0 Å². The van der Waals surface area contributed by atoms with Crippen molar-refractivity contribution in [1.29, 1.82) is 0 Å². The average molecular weight is 377 g/mol. The van der Waals surface area contributed by atoms with Crippen molar-refractivity contribution in [2.24, 2.45) is 4.99 Å². The quantitative estimate of drug-likeness (QED) is 0.700. The van der Waals surface area contributed by atoms with Crippen LogP contribution in [0.15, 0.2) is 67.0 Å². The molecule has 2 aromatic heterocycles. The Bertz CT molecular complexity index is 1140. The van der Waals surface area contributed by atoms with Gasteiger partial charge >= 0.3 is 6.03 Å². The Kier molecular flexibility index (Phi) is 4.19. The van der Waals surface area contributed by atoms with E-state index in [-0.39, 0.29) is 24.2 Å². The van der Waals surface area contributed by atoms with Crippen LogP contribution in [0.5, 0.6) is 0 Å². The monoisotopic (exact) mass is 377 g/mol. The Morgan fingerprint density at radius 2 is 2.11 bits per heavy atom. The van der Waals surface area contributed by atoms with Crippen molar-refractivity contribution in [3.05, 3.63) is 73.5 Å². The molecule has 9 heteroatoms. The molecule has 1 aromatic carbocycles. The molecule has 3 aromatic rings. The molecule has 0 radical (unpaired) electrons. The number of fused-ring (bicyclic) bond motifs is 1. The van der Waals surface area contributed by atoms with E-state index in [0.29, 0.717) is 28.3 Å². The molecule has 2 amide bonds. The number of imidazole rings is 1. The Hall–Kier alpha value is -3.88. The molecule has 0 atom stereocenters. The van der Waals surface area contributed by atoms with Gasteiger partial charge in [0, 0.05) is 25.5 Å². The van der Waals surface area contributed by atoms with Crippen LogP contribution in [0.1, 0.15) is 5.69 Å². The summed E-state index contributed by atoms with van der Waals surface area (Å²) in [5, 5.41) is 0. The number of halogens is 1. The molecular weight excluding hydrogens is 361 g/mol. The fourth-order valence-corrected chi connectivity index (χ4v) is 2.90. The molecule has 0 spiro atoms. The van der Waals surface area contributed by atoms with Crippen molar-refractivity contribution in [2.45, 2.75) is 6.54 Å². The minimum absolute atomic E-state index is 0.182. The van der Waals surface area contributed by atoms with Gasteiger partial charge in [-0.1, -0.05) is 13.2 Å². The Labute approximate surface area is 160 Å². The van der Waals surface area contributed by atoms with Gasteiger partial charge in [0.25, 0.3) is 0 Å². The maximum absolute atomic E-state index is 13.6. The van der Waals surface area contributed by atoms with Crippen molar-refractivity contribution in [1.82, 2.24) is 29.3 Å². The number of benzene rings is 1. The lowest BCUT2D eigenvalue weighted by Crippen LogP contribution is -2.31. The van der Waals surface area contributed by atoms with Crippen LogP contribution in [0.25, 0.3) is 16.9 Å². The predicted molar refractivity (Wildman–Crippen MR) is 102 cm³/mol. The fourth-order valence-electron chi connectivity index (χ4n) is 2.90.